The Labute approximate surface area is 224 Å². The molecule has 1 aliphatic rings. The van der Waals surface area contributed by atoms with Gasteiger partial charge in [-0.1, -0.05) is 0 Å². The van der Waals surface area contributed by atoms with E-state index in [1.807, 2.05) is 0 Å². The minimum absolute atomic E-state index is 0.0460. The molecule has 2 atom stereocenters. The number of pyridine rings is 1. The molecule has 214 valence electrons. The maximum absolute atomic E-state index is 13.2. The Bertz CT molecular complexity index is 1340. The standard InChI is InChI=1S/C25H24F6N6O3/c1-14(35-22(38)16-8-17(24(26,27)28)10-18(9-16)25(29,30)31)21-33-13-34-37(21)20-6-5-15(11-32-20)23(39)36-7-3-4-19(12-36)40-2/h5-6,8-11,13-14,19H,3-4,7,12H2,1-2H3,(H,35,38)/t14-,19?/m0/s1. The van der Waals surface area contributed by atoms with Crippen LogP contribution in [0.3, 0.4) is 0 Å². The number of piperidine rings is 1. The summed E-state index contributed by atoms with van der Waals surface area (Å²) >= 11 is 0. The van der Waals surface area contributed by atoms with Crippen molar-refractivity contribution in [3.8, 4) is 5.82 Å². The van der Waals surface area contributed by atoms with Gasteiger partial charge in [-0.2, -0.15) is 36.1 Å². The van der Waals surface area contributed by atoms with E-state index in [1.54, 1.807) is 12.0 Å². The van der Waals surface area contributed by atoms with Crippen LogP contribution in [0.4, 0.5) is 26.3 Å². The molecule has 1 N–H and O–H groups in total. The van der Waals surface area contributed by atoms with E-state index in [-0.39, 0.29) is 29.7 Å². The van der Waals surface area contributed by atoms with Crippen LogP contribution in [0.15, 0.2) is 42.9 Å². The lowest BCUT2D eigenvalue weighted by atomic mass is 10.0. The van der Waals surface area contributed by atoms with E-state index in [0.29, 0.717) is 30.8 Å². The van der Waals surface area contributed by atoms with Crippen molar-refractivity contribution in [1.82, 2.24) is 30.0 Å². The van der Waals surface area contributed by atoms with Crippen LogP contribution in [0.1, 0.15) is 63.5 Å². The van der Waals surface area contributed by atoms with E-state index in [9.17, 15) is 35.9 Å². The molecule has 0 spiro atoms. The summed E-state index contributed by atoms with van der Waals surface area (Å²) in [6.45, 7) is 2.47. The predicted octanol–water partition coefficient (Wildman–Crippen LogP) is 4.44. The van der Waals surface area contributed by atoms with Crippen molar-refractivity contribution < 1.29 is 40.7 Å². The van der Waals surface area contributed by atoms with Crippen LogP contribution >= 0.6 is 0 Å². The van der Waals surface area contributed by atoms with Crippen molar-refractivity contribution in [2.75, 3.05) is 20.2 Å². The van der Waals surface area contributed by atoms with E-state index in [1.165, 1.54) is 29.9 Å². The highest BCUT2D eigenvalue weighted by molar-refractivity contribution is 5.95. The number of nitrogens with zero attached hydrogens (tertiary/aromatic N) is 5. The molecule has 1 fully saturated rings. The minimum Gasteiger partial charge on any atom is -0.380 e. The van der Waals surface area contributed by atoms with Crippen LogP contribution in [0.5, 0.6) is 0 Å². The molecule has 0 radical (unpaired) electrons. The molecule has 1 saturated heterocycles. The molecule has 3 heterocycles. The number of likely N-dealkylation sites (tertiary alicyclic amines) is 1. The third-order valence-electron chi connectivity index (χ3n) is 6.37. The SMILES string of the molecule is COC1CCCN(C(=O)c2ccc(-n3ncnc3[C@H](C)NC(=O)c3cc(C(F)(F)F)cc(C(F)(F)F)c3)nc2)C1. The molecule has 2 aromatic heterocycles. The number of hydrogen-bond donors (Lipinski definition) is 1. The van der Waals surface area contributed by atoms with Gasteiger partial charge in [0.05, 0.1) is 28.8 Å². The van der Waals surface area contributed by atoms with Crippen molar-refractivity contribution in [3.63, 3.8) is 0 Å². The number of carbonyl (C=O) groups is 2. The molecule has 0 aliphatic carbocycles. The summed E-state index contributed by atoms with van der Waals surface area (Å²) in [7, 11) is 1.59. The van der Waals surface area contributed by atoms with Crippen LogP contribution in [-0.4, -0.2) is 62.8 Å². The van der Waals surface area contributed by atoms with E-state index in [0.717, 1.165) is 19.2 Å². The van der Waals surface area contributed by atoms with Crippen LogP contribution in [0.2, 0.25) is 0 Å². The average Bonchev–Trinajstić information content (AvgIpc) is 3.42. The first kappa shape index (κ1) is 29.0. The third kappa shape index (κ3) is 6.41. The van der Waals surface area contributed by atoms with Gasteiger partial charge in [0, 0.05) is 32.0 Å². The molecule has 4 rings (SSSR count). The fraction of sp³-hybridized carbons (Fsp3) is 0.400. The fourth-order valence-corrected chi connectivity index (χ4v) is 4.29. The third-order valence-corrected chi connectivity index (χ3v) is 6.37. The molecular formula is C25H24F6N6O3. The molecule has 40 heavy (non-hydrogen) atoms. The van der Waals surface area contributed by atoms with Crippen molar-refractivity contribution in [1.29, 1.82) is 0 Å². The van der Waals surface area contributed by atoms with Gasteiger partial charge >= 0.3 is 12.4 Å². The van der Waals surface area contributed by atoms with E-state index < -0.39 is 41.0 Å². The molecule has 1 aliphatic heterocycles. The first-order chi connectivity index (χ1) is 18.8. The zero-order valence-electron chi connectivity index (χ0n) is 21.3. The Morgan fingerprint density at radius 1 is 1.02 bits per heavy atom. The number of aromatic nitrogens is 4. The second kappa shape index (κ2) is 11.2. The topological polar surface area (TPSA) is 102 Å². The quantitative estimate of drug-likeness (QED) is 0.440. The van der Waals surface area contributed by atoms with Gasteiger partial charge in [-0.3, -0.25) is 9.59 Å². The number of amides is 2. The van der Waals surface area contributed by atoms with Gasteiger partial charge in [-0.25, -0.2) is 9.97 Å². The number of nitrogens with one attached hydrogen (secondary N) is 1. The number of methoxy groups -OCH3 is 1. The Hall–Kier alpha value is -4.01. The zero-order chi connectivity index (χ0) is 29.2. The predicted molar refractivity (Wildman–Crippen MR) is 127 cm³/mol. The van der Waals surface area contributed by atoms with Gasteiger partial charge < -0.3 is 15.0 Å². The van der Waals surface area contributed by atoms with Gasteiger partial charge in [0.2, 0.25) is 0 Å². The highest BCUT2D eigenvalue weighted by atomic mass is 19.4. The van der Waals surface area contributed by atoms with Crippen LogP contribution < -0.4 is 5.32 Å². The van der Waals surface area contributed by atoms with Crippen molar-refractivity contribution in [2.24, 2.45) is 0 Å². The molecule has 1 aromatic carbocycles. The normalized spacial score (nSPS) is 17.0. The molecule has 15 heteroatoms. The van der Waals surface area contributed by atoms with Crippen molar-refractivity contribution in [2.45, 2.75) is 44.3 Å². The number of rotatable bonds is 6. The molecule has 9 nitrogen and oxygen atoms in total. The number of benzene rings is 1. The maximum atomic E-state index is 13.2. The Kier molecular flexibility index (Phi) is 8.14. The van der Waals surface area contributed by atoms with Gasteiger partial charge in [0.15, 0.2) is 11.6 Å². The van der Waals surface area contributed by atoms with Crippen LogP contribution in [0.25, 0.3) is 5.82 Å². The average molecular weight is 570 g/mol. The number of hydrogen-bond acceptors (Lipinski definition) is 6. The Morgan fingerprint density at radius 2 is 1.70 bits per heavy atom. The number of carbonyl (C=O) groups excluding carboxylic acids is 2. The fourth-order valence-electron chi connectivity index (χ4n) is 4.29. The lowest BCUT2D eigenvalue weighted by Gasteiger charge is -2.31. The molecule has 2 amide bonds. The van der Waals surface area contributed by atoms with Crippen LogP contribution in [0, 0.1) is 0 Å². The monoisotopic (exact) mass is 570 g/mol. The van der Waals surface area contributed by atoms with E-state index in [2.05, 4.69) is 20.4 Å². The Balaban J connectivity index is 1.52. The summed E-state index contributed by atoms with van der Waals surface area (Å²) < 4.78 is 85.7. The zero-order valence-corrected chi connectivity index (χ0v) is 21.3. The maximum Gasteiger partial charge on any atom is 0.416 e. The molecule has 1 unspecified atom stereocenters. The molecule has 3 aromatic rings. The summed E-state index contributed by atoms with van der Waals surface area (Å²) in [6, 6.07) is 2.67. The largest absolute Gasteiger partial charge is 0.416 e. The Morgan fingerprint density at radius 3 is 2.27 bits per heavy atom. The van der Waals surface area contributed by atoms with E-state index in [4.69, 9.17) is 4.74 Å². The second-order valence-electron chi connectivity index (χ2n) is 9.18. The summed E-state index contributed by atoms with van der Waals surface area (Å²) in [4.78, 5) is 35.5. The lowest BCUT2D eigenvalue weighted by Crippen LogP contribution is -2.42. The van der Waals surface area contributed by atoms with Crippen molar-refractivity contribution >= 4 is 11.8 Å². The van der Waals surface area contributed by atoms with Gasteiger partial charge in [0.1, 0.15) is 6.33 Å². The number of alkyl halides is 6. The van der Waals surface area contributed by atoms with Crippen molar-refractivity contribution in [3.05, 3.63) is 70.9 Å². The lowest BCUT2D eigenvalue weighted by molar-refractivity contribution is -0.143. The number of halogens is 6. The molecular weight excluding hydrogens is 546 g/mol. The first-order valence-corrected chi connectivity index (χ1v) is 12.1. The van der Waals surface area contributed by atoms with Gasteiger partial charge in [-0.05, 0) is 50.1 Å². The molecule has 0 saturated carbocycles. The summed E-state index contributed by atoms with van der Waals surface area (Å²) in [5.74, 6) is -1.08. The first-order valence-electron chi connectivity index (χ1n) is 12.1. The summed E-state index contributed by atoms with van der Waals surface area (Å²) in [5.41, 5.74) is -3.71. The summed E-state index contributed by atoms with van der Waals surface area (Å²) in [5, 5.41) is 6.40. The van der Waals surface area contributed by atoms with Gasteiger partial charge in [0.25, 0.3) is 11.8 Å². The second-order valence-corrected chi connectivity index (χ2v) is 9.18. The summed E-state index contributed by atoms with van der Waals surface area (Å²) in [6.07, 6.45) is -6.08. The highest BCUT2D eigenvalue weighted by Crippen LogP contribution is 2.36. The smallest absolute Gasteiger partial charge is 0.380 e. The van der Waals surface area contributed by atoms with Crippen LogP contribution in [-0.2, 0) is 17.1 Å². The highest BCUT2D eigenvalue weighted by Gasteiger charge is 2.37. The molecule has 0 bridgehead atoms. The number of ether oxygens (including phenoxy) is 1. The van der Waals surface area contributed by atoms with E-state index >= 15 is 0 Å². The minimum atomic E-state index is -5.10. The van der Waals surface area contributed by atoms with Gasteiger partial charge in [-0.15, -0.1) is 0 Å².